The monoisotopic (exact) mass is 288 g/mol. The molecule has 1 amide bonds. The molecule has 0 saturated carbocycles. The number of nitrogens with one attached hydrogen (secondary N) is 2. The van der Waals surface area contributed by atoms with Crippen molar-refractivity contribution >= 4 is 27.5 Å². The maximum Gasteiger partial charge on any atom is 0.282 e. The minimum absolute atomic E-state index is 0.160. The first kappa shape index (κ1) is 12.7. The van der Waals surface area contributed by atoms with Crippen molar-refractivity contribution < 1.29 is 4.79 Å². The molecule has 1 atom stereocenters. The van der Waals surface area contributed by atoms with E-state index in [9.17, 15) is 9.59 Å². The number of nitrogens with zero attached hydrogens (tertiary/aromatic N) is 2. The summed E-state index contributed by atoms with van der Waals surface area (Å²) < 4.78 is 1.57. The molecule has 2 N–H and O–H groups in total. The van der Waals surface area contributed by atoms with Gasteiger partial charge in [-0.25, -0.2) is 4.68 Å². The van der Waals surface area contributed by atoms with E-state index in [4.69, 9.17) is 0 Å². The Morgan fingerprint density at radius 3 is 2.81 bits per heavy atom. The average molecular weight is 289 g/mol. The zero-order valence-corrected chi connectivity index (χ0v) is 10.8. The summed E-state index contributed by atoms with van der Waals surface area (Å²) >= 11 is 3.16. The van der Waals surface area contributed by atoms with Crippen LogP contribution < -0.4 is 16.2 Å². The number of rotatable bonds is 3. The van der Waals surface area contributed by atoms with Crippen molar-refractivity contribution in [3.8, 4) is 0 Å². The van der Waals surface area contributed by atoms with Crippen molar-refractivity contribution in [3.05, 3.63) is 21.0 Å². The normalized spacial score (nSPS) is 12.0. The predicted octanol–water partition coefficient (Wildman–Crippen LogP) is 0.0892. The fourth-order valence-electron chi connectivity index (χ4n) is 1.13. The summed E-state index contributed by atoms with van der Waals surface area (Å²) in [5.74, 6) is -0.160. The quantitative estimate of drug-likeness (QED) is 0.827. The van der Waals surface area contributed by atoms with Crippen LogP contribution in [0.15, 0.2) is 15.5 Å². The molecule has 0 aromatic carbocycles. The Morgan fingerprint density at radius 1 is 1.62 bits per heavy atom. The highest BCUT2D eigenvalue weighted by Gasteiger charge is 2.14. The first-order valence-electron chi connectivity index (χ1n) is 4.67. The van der Waals surface area contributed by atoms with E-state index >= 15 is 0 Å². The molecule has 7 heteroatoms. The minimum Gasteiger partial charge on any atom is -0.372 e. The minimum atomic E-state index is -0.435. The molecule has 16 heavy (non-hydrogen) atoms. The summed E-state index contributed by atoms with van der Waals surface area (Å²) in [5, 5.41) is 9.26. The molecule has 1 heterocycles. The summed E-state index contributed by atoms with van der Waals surface area (Å²) in [4.78, 5) is 22.8. The molecule has 88 valence electrons. The summed E-state index contributed by atoms with van der Waals surface area (Å²) in [7, 11) is 3.11. The molecule has 0 aliphatic heterocycles. The van der Waals surface area contributed by atoms with Gasteiger partial charge in [0.1, 0.15) is 10.5 Å². The van der Waals surface area contributed by atoms with Crippen LogP contribution in [-0.2, 0) is 11.8 Å². The molecular formula is C9H13BrN4O2. The largest absolute Gasteiger partial charge is 0.372 e. The lowest BCUT2D eigenvalue weighted by Gasteiger charge is -2.14. The maximum absolute atomic E-state index is 11.5. The van der Waals surface area contributed by atoms with E-state index in [2.05, 4.69) is 31.7 Å². The lowest BCUT2D eigenvalue weighted by molar-refractivity contribution is -0.121. The van der Waals surface area contributed by atoms with Gasteiger partial charge in [0.05, 0.1) is 11.9 Å². The molecule has 0 saturated heterocycles. The molecule has 1 rings (SSSR count). The second-order valence-corrected chi connectivity index (χ2v) is 4.07. The number of likely N-dealkylation sites (N-methyl/N-ethyl adjacent to an activating group) is 1. The van der Waals surface area contributed by atoms with Crippen LogP contribution in [-0.4, -0.2) is 28.8 Å². The highest BCUT2D eigenvalue weighted by molar-refractivity contribution is 9.10. The smallest absolute Gasteiger partial charge is 0.282 e. The van der Waals surface area contributed by atoms with Crippen LogP contribution in [0.4, 0.5) is 5.69 Å². The van der Waals surface area contributed by atoms with Crippen LogP contribution in [0.1, 0.15) is 6.92 Å². The summed E-state index contributed by atoms with van der Waals surface area (Å²) in [6, 6.07) is -0.435. The highest BCUT2D eigenvalue weighted by Crippen LogP contribution is 2.16. The van der Waals surface area contributed by atoms with Crippen molar-refractivity contribution in [2.75, 3.05) is 12.4 Å². The van der Waals surface area contributed by atoms with Crippen molar-refractivity contribution in [1.82, 2.24) is 15.1 Å². The van der Waals surface area contributed by atoms with Crippen LogP contribution in [0.3, 0.4) is 0 Å². The molecule has 0 spiro atoms. The molecule has 1 unspecified atom stereocenters. The Balaban J connectivity index is 2.95. The zero-order valence-electron chi connectivity index (χ0n) is 9.24. The van der Waals surface area contributed by atoms with Gasteiger partial charge < -0.3 is 10.6 Å². The van der Waals surface area contributed by atoms with Gasteiger partial charge in [0.15, 0.2) is 0 Å². The zero-order chi connectivity index (χ0) is 12.3. The van der Waals surface area contributed by atoms with E-state index in [-0.39, 0.29) is 11.5 Å². The predicted molar refractivity (Wildman–Crippen MR) is 64.3 cm³/mol. The fourth-order valence-corrected chi connectivity index (χ4v) is 1.60. The van der Waals surface area contributed by atoms with Gasteiger partial charge in [-0.15, -0.1) is 0 Å². The Labute approximate surface area is 101 Å². The third-order valence-corrected chi connectivity index (χ3v) is 2.86. The van der Waals surface area contributed by atoms with Crippen molar-refractivity contribution in [2.24, 2.45) is 7.05 Å². The lowest BCUT2D eigenvalue weighted by atomic mass is 10.3. The number of carbonyl (C=O) groups excluding carboxylic acids is 1. The van der Waals surface area contributed by atoms with Crippen LogP contribution in [0, 0.1) is 0 Å². The van der Waals surface area contributed by atoms with Gasteiger partial charge >= 0.3 is 0 Å². The van der Waals surface area contributed by atoms with E-state index in [1.807, 2.05) is 0 Å². The Kier molecular flexibility index (Phi) is 4.05. The van der Waals surface area contributed by atoms with E-state index in [1.165, 1.54) is 10.9 Å². The molecule has 1 aromatic rings. The molecule has 0 aliphatic rings. The lowest BCUT2D eigenvalue weighted by Crippen LogP contribution is -2.36. The van der Waals surface area contributed by atoms with Crippen LogP contribution in [0.2, 0.25) is 0 Å². The molecule has 0 aliphatic carbocycles. The molecule has 0 radical (unpaired) electrons. The first-order valence-corrected chi connectivity index (χ1v) is 5.46. The second-order valence-electron chi connectivity index (χ2n) is 3.28. The molecule has 6 nitrogen and oxygen atoms in total. The number of aromatic nitrogens is 2. The van der Waals surface area contributed by atoms with Gasteiger partial charge in [-0.05, 0) is 22.9 Å². The Hall–Kier alpha value is -1.37. The van der Waals surface area contributed by atoms with E-state index in [1.54, 1.807) is 21.0 Å². The topological polar surface area (TPSA) is 76.0 Å². The van der Waals surface area contributed by atoms with Crippen LogP contribution in [0.25, 0.3) is 0 Å². The van der Waals surface area contributed by atoms with Crippen LogP contribution in [0.5, 0.6) is 0 Å². The number of hydrogen-bond donors (Lipinski definition) is 2. The molecule has 1 aromatic heterocycles. The number of amides is 1. The Bertz CT molecular complexity index is 457. The van der Waals surface area contributed by atoms with Gasteiger partial charge in [0, 0.05) is 14.1 Å². The van der Waals surface area contributed by atoms with Crippen molar-refractivity contribution in [3.63, 3.8) is 0 Å². The standard InChI is InChI=1S/C9H13BrN4O2/c1-5(8(15)11-2)13-6-4-12-14(3)9(16)7(6)10/h4-5,13H,1-3H3,(H,11,15). The molecular weight excluding hydrogens is 276 g/mol. The van der Waals surface area contributed by atoms with Gasteiger partial charge in [0.2, 0.25) is 5.91 Å². The molecule has 0 fully saturated rings. The second kappa shape index (κ2) is 5.11. The highest BCUT2D eigenvalue weighted by atomic mass is 79.9. The summed E-state index contributed by atoms with van der Waals surface area (Å²) in [6.45, 7) is 1.70. The third kappa shape index (κ3) is 2.60. The van der Waals surface area contributed by atoms with Gasteiger partial charge in [-0.3, -0.25) is 9.59 Å². The maximum atomic E-state index is 11.5. The number of aryl methyl sites for hydroxylation is 1. The van der Waals surface area contributed by atoms with Gasteiger partial charge in [-0.1, -0.05) is 0 Å². The van der Waals surface area contributed by atoms with Crippen LogP contribution >= 0.6 is 15.9 Å². The first-order chi connectivity index (χ1) is 7.47. The van der Waals surface area contributed by atoms with Gasteiger partial charge in [0.25, 0.3) is 5.56 Å². The third-order valence-electron chi connectivity index (χ3n) is 2.09. The number of anilines is 1. The van der Waals surface area contributed by atoms with Gasteiger partial charge in [-0.2, -0.15) is 5.10 Å². The fraction of sp³-hybridized carbons (Fsp3) is 0.444. The number of carbonyl (C=O) groups is 1. The van der Waals surface area contributed by atoms with Crippen molar-refractivity contribution in [2.45, 2.75) is 13.0 Å². The number of halogens is 1. The Morgan fingerprint density at radius 2 is 2.25 bits per heavy atom. The SMILES string of the molecule is CNC(=O)C(C)Nc1cnn(C)c(=O)c1Br. The summed E-state index contributed by atoms with van der Waals surface area (Å²) in [5.41, 5.74) is 0.244. The van der Waals surface area contributed by atoms with E-state index in [0.717, 1.165) is 0 Å². The van der Waals surface area contributed by atoms with E-state index in [0.29, 0.717) is 10.2 Å². The van der Waals surface area contributed by atoms with Crippen molar-refractivity contribution in [1.29, 1.82) is 0 Å². The number of hydrogen-bond acceptors (Lipinski definition) is 4. The summed E-state index contributed by atoms with van der Waals surface area (Å²) in [6.07, 6.45) is 1.49. The average Bonchev–Trinajstić information content (AvgIpc) is 2.28. The molecule has 0 bridgehead atoms. The van der Waals surface area contributed by atoms with E-state index < -0.39 is 6.04 Å².